The quantitative estimate of drug-likeness (QED) is 0.882. The second kappa shape index (κ2) is 5.32. The number of nitrogens with zero attached hydrogens (tertiary/aromatic N) is 1. The van der Waals surface area contributed by atoms with Gasteiger partial charge in [-0.2, -0.15) is 0 Å². The largest absolute Gasteiger partial charge is 0.288 e. The molecule has 6 heteroatoms. The van der Waals surface area contributed by atoms with Gasteiger partial charge in [0.15, 0.2) is 5.50 Å². The zero-order chi connectivity index (χ0) is 14.0. The van der Waals surface area contributed by atoms with Crippen LogP contribution < -0.4 is 10.6 Å². The maximum Gasteiger partial charge on any atom is 0.208 e. The average molecular weight is 289 g/mol. The molecule has 1 fully saturated rings. The average Bonchev–Trinajstić information content (AvgIpc) is 3.03. The first kappa shape index (κ1) is 13.2. The van der Waals surface area contributed by atoms with Crippen LogP contribution in [-0.4, -0.2) is 32.0 Å². The van der Waals surface area contributed by atoms with Crippen molar-refractivity contribution in [3.05, 3.63) is 48.8 Å². The first-order valence-corrected chi connectivity index (χ1v) is 7.94. The summed E-state index contributed by atoms with van der Waals surface area (Å²) in [4.78, 5) is 4.38. The third-order valence-corrected chi connectivity index (χ3v) is 5.18. The van der Waals surface area contributed by atoms with Gasteiger partial charge in [-0.25, -0.2) is 8.42 Å². The second-order valence-electron chi connectivity index (χ2n) is 4.57. The van der Waals surface area contributed by atoms with Crippen LogP contribution in [0.2, 0.25) is 0 Å². The van der Waals surface area contributed by atoms with E-state index in [0.717, 1.165) is 5.56 Å². The van der Waals surface area contributed by atoms with Crippen LogP contribution in [-0.2, 0) is 9.84 Å². The molecule has 0 bridgehead atoms. The first-order valence-electron chi connectivity index (χ1n) is 6.40. The summed E-state index contributed by atoms with van der Waals surface area (Å²) in [7, 11) is -3.47. The van der Waals surface area contributed by atoms with Crippen LogP contribution in [0.4, 0.5) is 0 Å². The summed E-state index contributed by atoms with van der Waals surface area (Å²) >= 11 is 0. The number of benzene rings is 1. The molecule has 1 aliphatic rings. The van der Waals surface area contributed by atoms with Gasteiger partial charge in [0.05, 0.1) is 4.90 Å². The molecule has 0 amide bonds. The maximum absolute atomic E-state index is 12.7. The van der Waals surface area contributed by atoms with E-state index in [4.69, 9.17) is 0 Å². The molecule has 2 heterocycles. The van der Waals surface area contributed by atoms with E-state index in [1.807, 2.05) is 12.1 Å². The molecule has 3 rings (SSSR count). The van der Waals surface area contributed by atoms with Crippen LogP contribution in [0.15, 0.2) is 53.7 Å². The highest BCUT2D eigenvalue weighted by molar-refractivity contribution is 7.92. The van der Waals surface area contributed by atoms with Crippen LogP contribution >= 0.6 is 0 Å². The predicted octanol–water partition coefficient (Wildman–Crippen LogP) is 0.999. The zero-order valence-corrected chi connectivity index (χ0v) is 11.6. The van der Waals surface area contributed by atoms with E-state index >= 15 is 0 Å². The highest BCUT2D eigenvalue weighted by Crippen LogP contribution is 2.28. The molecule has 0 saturated carbocycles. The van der Waals surface area contributed by atoms with Crippen LogP contribution in [0.3, 0.4) is 0 Å². The third-order valence-electron chi connectivity index (χ3n) is 3.26. The molecule has 1 aliphatic heterocycles. The standard InChI is InChI=1S/C14H15N3O2S/c18-20(19,14-16-8-9-17-14)13-6-2-1-5-12(13)11-4-3-7-15-10-11/h1-7,10,14,16-17H,8-9H2. The number of aromatic nitrogens is 1. The van der Waals surface area contributed by atoms with Crippen molar-refractivity contribution in [2.24, 2.45) is 0 Å². The van der Waals surface area contributed by atoms with Gasteiger partial charge in [-0.1, -0.05) is 24.3 Å². The van der Waals surface area contributed by atoms with Crippen molar-refractivity contribution in [1.82, 2.24) is 15.6 Å². The van der Waals surface area contributed by atoms with Crippen molar-refractivity contribution in [2.45, 2.75) is 10.4 Å². The van der Waals surface area contributed by atoms with Gasteiger partial charge in [0.2, 0.25) is 9.84 Å². The van der Waals surface area contributed by atoms with E-state index in [2.05, 4.69) is 15.6 Å². The second-order valence-corrected chi connectivity index (χ2v) is 6.57. The molecule has 0 radical (unpaired) electrons. The molecule has 2 N–H and O–H groups in total. The molecule has 0 unspecified atom stereocenters. The van der Waals surface area contributed by atoms with Gasteiger partial charge < -0.3 is 0 Å². The first-order chi connectivity index (χ1) is 9.69. The number of hydrogen-bond acceptors (Lipinski definition) is 5. The fraction of sp³-hybridized carbons (Fsp3) is 0.214. The molecule has 0 spiro atoms. The molecule has 1 aromatic heterocycles. The zero-order valence-electron chi connectivity index (χ0n) is 10.8. The van der Waals surface area contributed by atoms with E-state index in [9.17, 15) is 8.42 Å². The lowest BCUT2D eigenvalue weighted by molar-refractivity contribution is 0.561. The molecule has 1 aromatic carbocycles. The van der Waals surface area contributed by atoms with Gasteiger partial charge in [0.25, 0.3) is 0 Å². The lowest BCUT2D eigenvalue weighted by Gasteiger charge is -2.15. The monoisotopic (exact) mass is 289 g/mol. The van der Waals surface area contributed by atoms with Gasteiger partial charge in [-0.3, -0.25) is 15.6 Å². The van der Waals surface area contributed by atoms with Crippen LogP contribution in [0.25, 0.3) is 11.1 Å². The fourth-order valence-corrected chi connectivity index (χ4v) is 3.99. The van der Waals surface area contributed by atoms with Crippen molar-refractivity contribution in [2.75, 3.05) is 13.1 Å². The number of sulfone groups is 1. The topological polar surface area (TPSA) is 71.1 Å². The summed E-state index contributed by atoms with van der Waals surface area (Å²) in [6.45, 7) is 1.30. The Morgan fingerprint density at radius 3 is 2.50 bits per heavy atom. The molecule has 0 atom stereocenters. The van der Waals surface area contributed by atoms with E-state index in [1.165, 1.54) is 0 Å². The van der Waals surface area contributed by atoms with Crippen LogP contribution in [0, 0.1) is 0 Å². The lowest BCUT2D eigenvalue weighted by atomic mass is 10.1. The summed E-state index contributed by atoms with van der Waals surface area (Å²) in [5.74, 6) is 0. The van der Waals surface area contributed by atoms with Gasteiger partial charge in [-0.05, 0) is 12.1 Å². The summed E-state index contributed by atoms with van der Waals surface area (Å²) in [6, 6.07) is 10.7. The predicted molar refractivity (Wildman–Crippen MR) is 76.7 cm³/mol. The Bertz CT molecular complexity index is 695. The normalized spacial score (nSPS) is 16.4. The minimum absolute atomic E-state index is 0.319. The third kappa shape index (κ3) is 2.33. The minimum atomic E-state index is -3.47. The van der Waals surface area contributed by atoms with Crippen molar-refractivity contribution < 1.29 is 8.42 Å². The molecule has 104 valence electrons. The van der Waals surface area contributed by atoms with Crippen molar-refractivity contribution in [3.63, 3.8) is 0 Å². The Balaban J connectivity index is 2.11. The van der Waals surface area contributed by atoms with Gasteiger partial charge in [-0.15, -0.1) is 0 Å². The van der Waals surface area contributed by atoms with E-state index < -0.39 is 15.3 Å². The Labute approximate surface area is 118 Å². The number of rotatable bonds is 3. The Hall–Kier alpha value is -1.76. The van der Waals surface area contributed by atoms with Crippen molar-refractivity contribution in [1.29, 1.82) is 0 Å². The van der Waals surface area contributed by atoms with Gasteiger partial charge in [0.1, 0.15) is 0 Å². The van der Waals surface area contributed by atoms with E-state index in [-0.39, 0.29) is 0 Å². The number of hydrogen-bond donors (Lipinski definition) is 2. The Morgan fingerprint density at radius 1 is 1.05 bits per heavy atom. The van der Waals surface area contributed by atoms with Crippen LogP contribution in [0.5, 0.6) is 0 Å². The Morgan fingerprint density at radius 2 is 1.80 bits per heavy atom. The lowest BCUT2D eigenvalue weighted by Crippen LogP contribution is -2.39. The fourth-order valence-electron chi connectivity index (χ4n) is 2.30. The number of pyridine rings is 1. The molecule has 1 saturated heterocycles. The smallest absolute Gasteiger partial charge is 0.208 e. The molecule has 2 aromatic rings. The number of nitrogens with one attached hydrogen (secondary N) is 2. The highest BCUT2D eigenvalue weighted by atomic mass is 32.2. The van der Waals surface area contributed by atoms with E-state index in [0.29, 0.717) is 23.5 Å². The minimum Gasteiger partial charge on any atom is -0.288 e. The summed E-state index contributed by atoms with van der Waals surface area (Å²) in [5.41, 5.74) is 0.751. The molecule has 5 nitrogen and oxygen atoms in total. The molecule has 0 aliphatic carbocycles. The highest BCUT2D eigenvalue weighted by Gasteiger charge is 2.31. The van der Waals surface area contributed by atoms with Gasteiger partial charge in [0, 0.05) is 36.6 Å². The summed E-state index contributed by atoms with van der Waals surface area (Å²) in [6.07, 6.45) is 3.34. The SMILES string of the molecule is O=S(=O)(c1ccccc1-c1cccnc1)C1NCCN1. The van der Waals surface area contributed by atoms with Gasteiger partial charge >= 0.3 is 0 Å². The van der Waals surface area contributed by atoms with Crippen molar-refractivity contribution >= 4 is 9.84 Å². The molecule has 20 heavy (non-hydrogen) atoms. The summed E-state index contributed by atoms with van der Waals surface area (Å²) < 4.78 is 25.4. The van der Waals surface area contributed by atoms with Crippen LogP contribution in [0.1, 0.15) is 0 Å². The summed E-state index contributed by atoms with van der Waals surface area (Å²) in [5, 5.41) is 5.92. The van der Waals surface area contributed by atoms with E-state index in [1.54, 1.807) is 36.7 Å². The Kier molecular flexibility index (Phi) is 3.52. The molecular weight excluding hydrogens is 274 g/mol. The molecular formula is C14H15N3O2S. The maximum atomic E-state index is 12.7. The van der Waals surface area contributed by atoms with Crippen molar-refractivity contribution in [3.8, 4) is 11.1 Å².